The molecule has 0 fully saturated rings. The Labute approximate surface area is 158 Å². The van der Waals surface area contributed by atoms with Crippen molar-refractivity contribution in [1.29, 1.82) is 0 Å². The van der Waals surface area contributed by atoms with Crippen molar-refractivity contribution in [2.75, 3.05) is 12.3 Å². The first kappa shape index (κ1) is 18.6. The van der Waals surface area contributed by atoms with E-state index in [-0.39, 0.29) is 11.9 Å². The van der Waals surface area contributed by atoms with Crippen molar-refractivity contribution < 1.29 is 4.79 Å². The molecule has 1 amide bonds. The highest BCUT2D eigenvalue weighted by Gasteiger charge is 2.15. The molecule has 2 aromatic heterocycles. The minimum atomic E-state index is -0.210. The molecule has 27 heavy (non-hydrogen) atoms. The van der Waals surface area contributed by atoms with Crippen LogP contribution in [0.15, 0.2) is 36.5 Å². The number of aromatic nitrogens is 4. The molecule has 7 heteroatoms. The van der Waals surface area contributed by atoms with E-state index in [2.05, 4.69) is 34.2 Å². The van der Waals surface area contributed by atoms with Gasteiger partial charge in [0.25, 0.3) is 5.91 Å². The average molecular weight is 364 g/mol. The van der Waals surface area contributed by atoms with Gasteiger partial charge in [0.1, 0.15) is 0 Å². The van der Waals surface area contributed by atoms with Crippen LogP contribution in [-0.2, 0) is 6.54 Å². The lowest BCUT2D eigenvalue weighted by molar-refractivity contribution is 0.0952. The molecule has 0 radical (unpaired) electrons. The molecule has 7 nitrogen and oxygen atoms in total. The lowest BCUT2D eigenvalue weighted by Gasteiger charge is -2.10. The molecule has 3 rings (SSSR count). The number of nitrogen functional groups attached to an aromatic ring is 1. The molecule has 3 N–H and O–H groups in total. The van der Waals surface area contributed by atoms with Crippen LogP contribution in [0.2, 0.25) is 0 Å². The number of nitrogens with zero attached hydrogens (tertiary/aromatic N) is 4. The third-order valence-electron chi connectivity index (χ3n) is 4.67. The Kier molecular flexibility index (Phi) is 5.49. The molecule has 1 aromatic carbocycles. The summed E-state index contributed by atoms with van der Waals surface area (Å²) in [6.07, 6.45) is 2.26. The van der Waals surface area contributed by atoms with Gasteiger partial charge in [-0.2, -0.15) is 5.10 Å². The van der Waals surface area contributed by atoms with Gasteiger partial charge >= 0.3 is 0 Å². The van der Waals surface area contributed by atoms with Gasteiger partial charge in [0.05, 0.1) is 17.0 Å². The number of benzene rings is 1. The molecule has 0 atom stereocenters. The van der Waals surface area contributed by atoms with Gasteiger partial charge in [0, 0.05) is 30.5 Å². The van der Waals surface area contributed by atoms with Gasteiger partial charge in [0.15, 0.2) is 0 Å². The predicted molar refractivity (Wildman–Crippen MR) is 105 cm³/mol. The second-order valence-electron chi connectivity index (χ2n) is 6.48. The minimum absolute atomic E-state index is 0.144. The Hall–Kier alpha value is -3.22. The van der Waals surface area contributed by atoms with Gasteiger partial charge in [-0.05, 0) is 32.8 Å². The topological polar surface area (TPSA) is 98.7 Å². The van der Waals surface area contributed by atoms with Crippen LogP contribution in [0.1, 0.15) is 33.7 Å². The van der Waals surface area contributed by atoms with Crippen molar-refractivity contribution in [2.45, 2.75) is 33.7 Å². The van der Waals surface area contributed by atoms with Gasteiger partial charge in [0.2, 0.25) is 5.95 Å². The number of anilines is 1. The first-order valence-corrected chi connectivity index (χ1v) is 8.94. The fraction of sp³-hybridized carbons (Fsp3) is 0.300. The van der Waals surface area contributed by atoms with Gasteiger partial charge < -0.3 is 11.1 Å². The van der Waals surface area contributed by atoms with Gasteiger partial charge in [-0.15, -0.1) is 0 Å². The summed E-state index contributed by atoms with van der Waals surface area (Å²) in [5.41, 5.74) is 10.9. The molecule has 0 saturated carbocycles. The summed E-state index contributed by atoms with van der Waals surface area (Å²) >= 11 is 0. The van der Waals surface area contributed by atoms with E-state index in [0.29, 0.717) is 17.8 Å². The summed E-state index contributed by atoms with van der Waals surface area (Å²) in [6.45, 7) is 7.43. The number of nitrogens with one attached hydrogen (secondary N) is 1. The lowest BCUT2D eigenvalue weighted by Crippen LogP contribution is -2.26. The van der Waals surface area contributed by atoms with Crippen LogP contribution in [0, 0.1) is 20.8 Å². The monoisotopic (exact) mass is 364 g/mol. The van der Waals surface area contributed by atoms with E-state index in [0.717, 1.165) is 29.9 Å². The number of carbonyl (C=O) groups excluding carboxylic acids is 1. The number of carbonyl (C=O) groups is 1. The maximum atomic E-state index is 12.6. The first-order chi connectivity index (χ1) is 13.0. The van der Waals surface area contributed by atoms with Crippen LogP contribution < -0.4 is 11.1 Å². The van der Waals surface area contributed by atoms with E-state index < -0.39 is 0 Å². The van der Waals surface area contributed by atoms with Gasteiger partial charge in [-0.25, -0.2) is 9.97 Å². The van der Waals surface area contributed by atoms with Crippen molar-refractivity contribution in [3.05, 3.63) is 59.0 Å². The van der Waals surface area contributed by atoms with E-state index in [9.17, 15) is 4.79 Å². The van der Waals surface area contributed by atoms with E-state index in [4.69, 9.17) is 5.73 Å². The molecule has 0 saturated heterocycles. The quantitative estimate of drug-likeness (QED) is 0.655. The maximum Gasteiger partial charge on any atom is 0.255 e. The highest BCUT2D eigenvalue weighted by molar-refractivity contribution is 5.99. The summed E-state index contributed by atoms with van der Waals surface area (Å²) in [4.78, 5) is 20.9. The fourth-order valence-corrected chi connectivity index (χ4v) is 2.91. The molecule has 3 aromatic rings. The Morgan fingerprint density at radius 3 is 2.59 bits per heavy atom. The van der Waals surface area contributed by atoms with E-state index in [1.165, 1.54) is 11.8 Å². The van der Waals surface area contributed by atoms with Crippen molar-refractivity contribution in [2.24, 2.45) is 0 Å². The minimum Gasteiger partial charge on any atom is -0.368 e. The molecular formula is C20H24N6O. The van der Waals surface area contributed by atoms with Crippen molar-refractivity contribution in [3.63, 3.8) is 0 Å². The molecule has 0 unspecified atom stereocenters. The first-order valence-electron chi connectivity index (χ1n) is 8.94. The summed E-state index contributed by atoms with van der Waals surface area (Å²) < 4.78 is 1.98. The van der Waals surface area contributed by atoms with Crippen LogP contribution in [0.5, 0.6) is 0 Å². The number of aryl methyl sites for hydroxylation is 2. The van der Waals surface area contributed by atoms with Crippen molar-refractivity contribution in [1.82, 2.24) is 25.1 Å². The summed E-state index contributed by atoms with van der Waals surface area (Å²) in [7, 11) is 0. The van der Waals surface area contributed by atoms with Crippen LogP contribution in [0.25, 0.3) is 11.3 Å². The standard InChI is InChI=1S/C20H24N6O/c1-13-14(2)25-26(15(13)3)11-7-10-22-19(27)17-12-23-20(21)24-18(17)16-8-5-4-6-9-16/h4-6,8-9,12H,7,10-11H2,1-3H3,(H,22,27)(H2,21,23,24). The highest BCUT2D eigenvalue weighted by Crippen LogP contribution is 2.21. The molecule has 0 aliphatic carbocycles. The predicted octanol–water partition coefficient (Wildman–Crippen LogP) is 2.67. The van der Waals surface area contributed by atoms with Crippen LogP contribution in [-0.4, -0.2) is 32.2 Å². The Balaban J connectivity index is 1.65. The van der Waals surface area contributed by atoms with Crippen LogP contribution >= 0.6 is 0 Å². The second-order valence-corrected chi connectivity index (χ2v) is 6.48. The van der Waals surface area contributed by atoms with E-state index in [1.807, 2.05) is 41.9 Å². The largest absolute Gasteiger partial charge is 0.368 e. The van der Waals surface area contributed by atoms with E-state index >= 15 is 0 Å². The fourth-order valence-electron chi connectivity index (χ4n) is 2.91. The number of hydrogen-bond donors (Lipinski definition) is 2. The summed E-state index contributed by atoms with van der Waals surface area (Å²) in [6, 6.07) is 9.49. The van der Waals surface area contributed by atoms with Crippen LogP contribution in [0.4, 0.5) is 5.95 Å². The van der Waals surface area contributed by atoms with Crippen molar-refractivity contribution >= 4 is 11.9 Å². The molecule has 140 valence electrons. The zero-order valence-electron chi connectivity index (χ0n) is 15.9. The number of rotatable bonds is 6. The average Bonchev–Trinajstić information content (AvgIpc) is 2.92. The van der Waals surface area contributed by atoms with Crippen molar-refractivity contribution in [3.8, 4) is 11.3 Å². The number of amides is 1. The zero-order valence-corrected chi connectivity index (χ0v) is 15.9. The molecule has 0 aliphatic heterocycles. The smallest absolute Gasteiger partial charge is 0.255 e. The molecule has 0 aliphatic rings. The number of nitrogens with two attached hydrogens (primary N) is 1. The highest BCUT2D eigenvalue weighted by atomic mass is 16.1. The molecule has 2 heterocycles. The normalized spacial score (nSPS) is 10.8. The zero-order chi connectivity index (χ0) is 19.4. The molecular weight excluding hydrogens is 340 g/mol. The Morgan fingerprint density at radius 1 is 1.19 bits per heavy atom. The maximum absolute atomic E-state index is 12.6. The van der Waals surface area contributed by atoms with Gasteiger partial charge in [-0.3, -0.25) is 9.48 Å². The second kappa shape index (κ2) is 7.99. The molecule has 0 spiro atoms. The third kappa shape index (κ3) is 4.13. The Bertz CT molecular complexity index is 949. The van der Waals surface area contributed by atoms with E-state index in [1.54, 1.807) is 0 Å². The summed E-state index contributed by atoms with van der Waals surface area (Å²) in [5.74, 6) is -0.0660. The lowest BCUT2D eigenvalue weighted by atomic mass is 10.1. The van der Waals surface area contributed by atoms with Gasteiger partial charge in [-0.1, -0.05) is 30.3 Å². The number of hydrogen-bond acceptors (Lipinski definition) is 5. The summed E-state index contributed by atoms with van der Waals surface area (Å²) in [5, 5.41) is 7.46. The SMILES string of the molecule is Cc1nn(CCCNC(=O)c2cnc(N)nc2-c2ccccc2)c(C)c1C. The molecule has 0 bridgehead atoms. The third-order valence-corrected chi connectivity index (χ3v) is 4.67. The van der Waals surface area contributed by atoms with Crippen LogP contribution in [0.3, 0.4) is 0 Å². The Morgan fingerprint density at radius 2 is 1.93 bits per heavy atom.